The molecule has 1 aromatic carbocycles. The normalized spacial score (nSPS) is 18.4. The molecule has 5 nitrogen and oxygen atoms in total. The predicted molar refractivity (Wildman–Crippen MR) is 74.1 cm³/mol. The van der Waals surface area contributed by atoms with Crippen molar-refractivity contribution >= 4 is 35.1 Å². The highest BCUT2D eigenvalue weighted by Gasteiger charge is 2.34. The number of amides is 3. The number of hydrogen-bond donors (Lipinski definition) is 0. The molecule has 1 aliphatic rings. The molecule has 118 valence electrons. The number of rotatable bonds is 1. The molecule has 0 atom stereocenters. The van der Waals surface area contributed by atoms with E-state index in [2.05, 4.69) is 4.99 Å². The molecular formula is C13H11ClF3N3O2. The highest BCUT2D eigenvalue weighted by molar-refractivity contribution is 6.31. The molecule has 0 N–H and O–H groups in total. The third-order valence-electron chi connectivity index (χ3n) is 3.16. The fourth-order valence-corrected chi connectivity index (χ4v) is 2.10. The fourth-order valence-electron chi connectivity index (χ4n) is 1.88. The second kappa shape index (κ2) is 5.60. The van der Waals surface area contributed by atoms with Crippen molar-refractivity contribution in [2.75, 3.05) is 14.1 Å². The first kappa shape index (κ1) is 16.3. The highest BCUT2D eigenvalue weighted by atomic mass is 35.5. The maximum absolute atomic E-state index is 12.8. The van der Waals surface area contributed by atoms with E-state index in [9.17, 15) is 22.8 Å². The zero-order valence-electron chi connectivity index (χ0n) is 11.6. The number of benzene rings is 1. The molecule has 1 heterocycles. The van der Waals surface area contributed by atoms with Gasteiger partial charge in [-0.3, -0.25) is 14.6 Å². The summed E-state index contributed by atoms with van der Waals surface area (Å²) in [6, 6.07) is 2.53. The van der Waals surface area contributed by atoms with Crippen LogP contribution in [-0.2, 0) is 11.0 Å². The number of aliphatic imine (C=N–C) groups is 1. The van der Waals surface area contributed by atoms with E-state index in [1.165, 1.54) is 20.2 Å². The molecule has 0 bridgehead atoms. The van der Waals surface area contributed by atoms with Crippen molar-refractivity contribution in [3.05, 3.63) is 28.8 Å². The lowest BCUT2D eigenvalue weighted by Crippen LogP contribution is -2.51. The lowest BCUT2D eigenvalue weighted by Gasteiger charge is -2.30. The minimum absolute atomic E-state index is 0.0382. The van der Waals surface area contributed by atoms with Gasteiger partial charge in [-0.2, -0.15) is 13.2 Å². The quantitative estimate of drug-likeness (QED) is 0.791. The van der Waals surface area contributed by atoms with Crippen molar-refractivity contribution in [3.8, 4) is 0 Å². The van der Waals surface area contributed by atoms with Crippen LogP contribution in [0.2, 0.25) is 5.02 Å². The van der Waals surface area contributed by atoms with Gasteiger partial charge in [-0.1, -0.05) is 11.6 Å². The molecule has 9 heteroatoms. The number of carbonyl (C=O) groups excluding carboxylic acids is 2. The summed E-state index contributed by atoms with van der Waals surface area (Å²) >= 11 is 5.52. The molecule has 0 radical (unpaired) electrons. The summed E-state index contributed by atoms with van der Waals surface area (Å²) in [5.41, 5.74) is -1.06. The molecule has 0 aromatic heterocycles. The Morgan fingerprint density at radius 1 is 1.18 bits per heavy atom. The van der Waals surface area contributed by atoms with Gasteiger partial charge in [-0.15, -0.1) is 0 Å². The number of hydrogen-bond acceptors (Lipinski definition) is 3. The van der Waals surface area contributed by atoms with Gasteiger partial charge in [0, 0.05) is 14.1 Å². The van der Waals surface area contributed by atoms with Gasteiger partial charge >= 0.3 is 12.2 Å². The minimum Gasteiger partial charge on any atom is -0.284 e. The van der Waals surface area contributed by atoms with Crippen LogP contribution in [0.15, 0.2) is 23.2 Å². The Labute approximate surface area is 129 Å². The molecule has 0 unspecified atom stereocenters. The summed E-state index contributed by atoms with van der Waals surface area (Å²) in [5, 5.41) is -0.444. The van der Waals surface area contributed by atoms with Crippen molar-refractivity contribution in [2.45, 2.75) is 12.6 Å². The molecular weight excluding hydrogens is 323 g/mol. The van der Waals surface area contributed by atoms with Gasteiger partial charge in [0.25, 0.3) is 0 Å². The Balaban J connectivity index is 2.41. The van der Waals surface area contributed by atoms with Crippen LogP contribution in [0.5, 0.6) is 0 Å². The van der Waals surface area contributed by atoms with Gasteiger partial charge in [-0.05, 0) is 18.2 Å². The van der Waals surface area contributed by atoms with Gasteiger partial charge in [0.2, 0.25) is 5.91 Å². The van der Waals surface area contributed by atoms with E-state index in [-0.39, 0.29) is 17.9 Å². The zero-order valence-corrected chi connectivity index (χ0v) is 12.4. The van der Waals surface area contributed by atoms with Crippen molar-refractivity contribution in [1.82, 2.24) is 9.80 Å². The first-order chi connectivity index (χ1) is 10.1. The first-order valence-electron chi connectivity index (χ1n) is 6.10. The number of alkyl halides is 3. The molecule has 0 aliphatic carbocycles. The van der Waals surface area contributed by atoms with Gasteiger partial charge < -0.3 is 0 Å². The van der Waals surface area contributed by atoms with Crippen LogP contribution in [0.25, 0.3) is 0 Å². The molecule has 2 rings (SSSR count). The first-order valence-corrected chi connectivity index (χ1v) is 6.47. The van der Waals surface area contributed by atoms with Gasteiger partial charge in [-0.25, -0.2) is 9.79 Å². The summed E-state index contributed by atoms with van der Waals surface area (Å²) < 4.78 is 38.4. The molecule has 22 heavy (non-hydrogen) atoms. The van der Waals surface area contributed by atoms with Crippen molar-refractivity contribution < 1.29 is 22.8 Å². The lowest BCUT2D eigenvalue weighted by molar-refractivity contribution is -0.137. The molecule has 1 aliphatic heterocycles. The maximum Gasteiger partial charge on any atom is 0.417 e. The topological polar surface area (TPSA) is 53.0 Å². The predicted octanol–water partition coefficient (Wildman–Crippen LogP) is 3.30. The van der Waals surface area contributed by atoms with E-state index in [1.54, 1.807) is 0 Å². The van der Waals surface area contributed by atoms with Crippen LogP contribution in [0.3, 0.4) is 0 Å². The average Bonchev–Trinajstić information content (AvgIpc) is 2.43. The third-order valence-corrected chi connectivity index (χ3v) is 3.49. The Hall–Kier alpha value is -2.09. The van der Waals surface area contributed by atoms with Crippen LogP contribution in [0, 0.1) is 0 Å². The molecule has 1 fully saturated rings. The van der Waals surface area contributed by atoms with E-state index in [1.807, 2.05) is 0 Å². The lowest BCUT2D eigenvalue weighted by atomic mass is 10.2. The average molecular weight is 334 g/mol. The van der Waals surface area contributed by atoms with Crippen molar-refractivity contribution in [3.63, 3.8) is 0 Å². The Bertz CT molecular complexity index is 673. The summed E-state index contributed by atoms with van der Waals surface area (Å²) in [4.78, 5) is 29.4. The van der Waals surface area contributed by atoms with E-state index in [0.717, 1.165) is 21.9 Å². The van der Waals surface area contributed by atoms with Crippen LogP contribution in [-0.4, -0.2) is 41.7 Å². The summed E-state index contributed by atoms with van der Waals surface area (Å²) in [5.74, 6) is -0.407. The smallest absolute Gasteiger partial charge is 0.284 e. The maximum atomic E-state index is 12.8. The van der Waals surface area contributed by atoms with Gasteiger partial charge in [0.05, 0.1) is 22.7 Å². The molecule has 3 amide bonds. The summed E-state index contributed by atoms with van der Waals surface area (Å²) in [7, 11) is 2.71. The molecule has 1 aromatic rings. The summed E-state index contributed by atoms with van der Waals surface area (Å²) in [6.07, 6.45) is -4.79. The zero-order chi connectivity index (χ0) is 16.7. The Morgan fingerprint density at radius 2 is 1.82 bits per heavy atom. The number of imide groups is 1. The largest absolute Gasteiger partial charge is 0.417 e. The van der Waals surface area contributed by atoms with E-state index in [0.29, 0.717) is 0 Å². The standard InChI is InChI=1S/C13H11ClF3N3O2/c1-19-10(6-11(21)20(2)12(19)22)18-7-3-4-9(14)8(5-7)13(15,16)17/h3-5H,6H2,1-2H3. The van der Waals surface area contributed by atoms with Gasteiger partial charge in [0.1, 0.15) is 5.84 Å². The minimum atomic E-state index is -4.61. The molecule has 0 spiro atoms. The number of amidine groups is 1. The van der Waals surface area contributed by atoms with E-state index < -0.39 is 28.7 Å². The third kappa shape index (κ3) is 3.06. The number of urea groups is 1. The Kier molecular flexibility index (Phi) is 4.15. The van der Waals surface area contributed by atoms with Crippen LogP contribution in [0.1, 0.15) is 12.0 Å². The molecule has 0 saturated carbocycles. The number of halogens is 4. The number of carbonyl (C=O) groups is 2. The number of nitrogens with zero attached hydrogens (tertiary/aromatic N) is 3. The van der Waals surface area contributed by atoms with Crippen molar-refractivity contribution in [2.24, 2.45) is 4.99 Å². The SMILES string of the molecule is CN1C(=O)CC(=Nc2ccc(Cl)c(C(F)(F)F)c2)N(C)C1=O. The van der Waals surface area contributed by atoms with E-state index in [4.69, 9.17) is 11.6 Å². The van der Waals surface area contributed by atoms with Gasteiger partial charge in [0.15, 0.2) is 0 Å². The Morgan fingerprint density at radius 3 is 2.41 bits per heavy atom. The van der Waals surface area contributed by atoms with Crippen LogP contribution >= 0.6 is 11.6 Å². The fraction of sp³-hybridized carbons (Fsp3) is 0.308. The highest BCUT2D eigenvalue weighted by Crippen LogP contribution is 2.37. The van der Waals surface area contributed by atoms with Crippen molar-refractivity contribution in [1.29, 1.82) is 0 Å². The molecule has 1 saturated heterocycles. The van der Waals surface area contributed by atoms with Crippen LogP contribution < -0.4 is 0 Å². The second-order valence-corrected chi connectivity index (χ2v) is 5.07. The second-order valence-electron chi connectivity index (χ2n) is 4.66. The van der Waals surface area contributed by atoms with E-state index >= 15 is 0 Å². The summed E-state index contributed by atoms with van der Waals surface area (Å²) in [6.45, 7) is 0. The monoisotopic (exact) mass is 333 g/mol. The van der Waals surface area contributed by atoms with Crippen LogP contribution in [0.4, 0.5) is 23.7 Å².